The first-order valence-corrected chi connectivity index (χ1v) is 11.0. The van der Waals surface area contributed by atoms with Gasteiger partial charge >= 0.3 is 0 Å². The van der Waals surface area contributed by atoms with E-state index in [-0.39, 0.29) is 5.91 Å². The number of carbonyl (C=O) groups is 1. The Hall–Kier alpha value is -2.64. The van der Waals surface area contributed by atoms with Crippen LogP contribution in [0.1, 0.15) is 33.6 Å². The van der Waals surface area contributed by atoms with Gasteiger partial charge in [0.1, 0.15) is 10.6 Å². The highest BCUT2D eigenvalue weighted by Gasteiger charge is 2.21. The molecule has 0 radical (unpaired) electrons. The van der Waals surface area contributed by atoms with Crippen molar-refractivity contribution in [1.29, 1.82) is 0 Å². The molecule has 2 aromatic carbocycles. The van der Waals surface area contributed by atoms with Crippen LogP contribution in [0.3, 0.4) is 0 Å². The number of amides is 1. The number of nitrogens with zero attached hydrogens (tertiary/aromatic N) is 2. The van der Waals surface area contributed by atoms with Gasteiger partial charge in [-0.25, -0.2) is 0 Å². The predicted molar refractivity (Wildman–Crippen MR) is 115 cm³/mol. The maximum absolute atomic E-state index is 12.9. The highest BCUT2D eigenvalue weighted by atomic mass is 32.2. The van der Waals surface area contributed by atoms with Gasteiger partial charge in [0.25, 0.3) is 5.91 Å². The first-order chi connectivity index (χ1) is 13.7. The van der Waals surface area contributed by atoms with Gasteiger partial charge in [-0.2, -0.15) is 11.8 Å². The van der Waals surface area contributed by atoms with E-state index in [1.165, 1.54) is 16.9 Å². The number of hydrogen-bond acceptors (Lipinski definition) is 6. The van der Waals surface area contributed by atoms with Crippen LogP contribution in [0.25, 0.3) is 11.0 Å². The molecule has 0 bridgehead atoms. The largest absolute Gasteiger partial charge is 0.451 e. The SMILES string of the molecule is CCc1nnc(NC(=O)c2oc3ccccc3c2CSCc2ccccc2)s1. The summed E-state index contributed by atoms with van der Waals surface area (Å²) in [4.78, 5) is 12.9. The van der Waals surface area contributed by atoms with Gasteiger partial charge in [-0.05, 0) is 18.1 Å². The van der Waals surface area contributed by atoms with E-state index in [1.807, 2.05) is 49.4 Å². The van der Waals surface area contributed by atoms with Gasteiger partial charge in [-0.3, -0.25) is 10.1 Å². The quantitative estimate of drug-likeness (QED) is 0.434. The highest BCUT2D eigenvalue weighted by Crippen LogP contribution is 2.31. The van der Waals surface area contributed by atoms with Crippen LogP contribution >= 0.6 is 23.1 Å². The maximum atomic E-state index is 12.9. The Bertz CT molecular complexity index is 1090. The van der Waals surface area contributed by atoms with E-state index >= 15 is 0 Å². The number of benzene rings is 2. The molecule has 0 unspecified atom stereocenters. The molecule has 0 saturated heterocycles. The monoisotopic (exact) mass is 409 g/mol. The Morgan fingerprint density at radius 3 is 2.64 bits per heavy atom. The molecule has 2 aromatic heterocycles. The number of rotatable bonds is 7. The summed E-state index contributed by atoms with van der Waals surface area (Å²) in [6, 6.07) is 18.0. The summed E-state index contributed by atoms with van der Waals surface area (Å²) in [5.41, 5.74) is 2.89. The van der Waals surface area contributed by atoms with Crippen LogP contribution in [0, 0.1) is 0 Å². The molecule has 142 valence electrons. The molecular formula is C21H19N3O2S2. The predicted octanol–water partition coefficient (Wildman–Crippen LogP) is 5.53. The number of thioether (sulfide) groups is 1. The van der Waals surface area contributed by atoms with E-state index in [9.17, 15) is 4.79 Å². The molecule has 0 atom stereocenters. The van der Waals surface area contributed by atoms with E-state index in [0.29, 0.717) is 16.6 Å². The summed E-state index contributed by atoms with van der Waals surface area (Å²) in [6.07, 6.45) is 0.791. The van der Waals surface area contributed by atoms with Crippen LogP contribution in [-0.2, 0) is 17.9 Å². The third-order valence-corrected chi connectivity index (χ3v) is 6.27. The Balaban J connectivity index is 1.56. The molecule has 0 fully saturated rings. The van der Waals surface area contributed by atoms with Crippen molar-refractivity contribution in [2.45, 2.75) is 24.9 Å². The van der Waals surface area contributed by atoms with Gasteiger partial charge < -0.3 is 4.42 Å². The zero-order valence-electron chi connectivity index (χ0n) is 15.3. The minimum absolute atomic E-state index is 0.287. The molecule has 0 aliphatic carbocycles. The molecule has 0 aliphatic rings. The molecule has 5 nitrogen and oxygen atoms in total. The fourth-order valence-electron chi connectivity index (χ4n) is 2.87. The lowest BCUT2D eigenvalue weighted by molar-refractivity contribution is 0.0997. The number of carbonyl (C=O) groups excluding carboxylic acids is 1. The van der Waals surface area contributed by atoms with Gasteiger partial charge in [0.2, 0.25) is 5.13 Å². The molecule has 1 N–H and O–H groups in total. The van der Waals surface area contributed by atoms with E-state index < -0.39 is 0 Å². The van der Waals surface area contributed by atoms with E-state index in [1.54, 1.807) is 11.8 Å². The van der Waals surface area contributed by atoms with Crippen LogP contribution < -0.4 is 5.32 Å². The molecule has 28 heavy (non-hydrogen) atoms. The molecule has 0 saturated carbocycles. The number of aryl methyl sites for hydroxylation is 1. The lowest BCUT2D eigenvalue weighted by Gasteiger charge is -2.04. The number of fused-ring (bicyclic) bond motifs is 1. The smallest absolute Gasteiger partial charge is 0.293 e. The van der Waals surface area contributed by atoms with Gasteiger partial charge in [0.05, 0.1) is 0 Å². The first-order valence-electron chi connectivity index (χ1n) is 9.00. The van der Waals surface area contributed by atoms with Crippen molar-refractivity contribution in [1.82, 2.24) is 10.2 Å². The fraction of sp³-hybridized carbons (Fsp3) is 0.190. The second-order valence-corrected chi connectivity index (χ2v) is 8.24. The molecule has 4 rings (SSSR count). The van der Waals surface area contributed by atoms with Gasteiger partial charge in [-0.15, -0.1) is 10.2 Å². The van der Waals surface area contributed by atoms with Crippen LogP contribution in [0.4, 0.5) is 5.13 Å². The second kappa shape index (κ2) is 8.58. The standard InChI is InChI=1S/C21H19N3O2S2/c1-2-18-23-24-21(28-18)22-20(25)19-16(15-10-6-7-11-17(15)26-19)13-27-12-14-8-4-3-5-9-14/h3-11H,2,12-13H2,1H3,(H,22,24,25). The van der Waals surface area contributed by atoms with E-state index in [0.717, 1.165) is 33.7 Å². The highest BCUT2D eigenvalue weighted by molar-refractivity contribution is 7.97. The fourth-order valence-corrected chi connectivity index (χ4v) is 4.57. The second-order valence-electron chi connectivity index (χ2n) is 6.19. The van der Waals surface area contributed by atoms with Crippen LogP contribution in [-0.4, -0.2) is 16.1 Å². The molecular weight excluding hydrogens is 390 g/mol. The average molecular weight is 410 g/mol. The van der Waals surface area contributed by atoms with Crippen molar-refractivity contribution < 1.29 is 9.21 Å². The van der Waals surface area contributed by atoms with E-state index in [4.69, 9.17) is 4.42 Å². The van der Waals surface area contributed by atoms with Gasteiger partial charge in [0.15, 0.2) is 5.76 Å². The molecule has 4 aromatic rings. The number of furan rings is 1. The van der Waals surface area contributed by atoms with Crippen LogP contribution in [0.2, 0.25) is 0 Å². The number of para-hydroxylation sites is 1. The number of aromatic nitrogens is 2. The first kappa shape index (κ1) is 18.7. The molecule has 2 heterocycles. The summed E-state index contributed by atoms with van der Waals surface area (Å²) in [5, 5.41) is 13.3. The van der Waals surface area contributed by atoms with Crippen molar-refractivity contribution in [3.05, 3.63) is 76.5 Å². The van der Waals surface area contributed by atoms with Crippen molar-refractivity contribution in [2.24, 2.45) is 0 Å². The van der Waals surface area contributed by atoms with E-state index in [2.05, 4.69) is 27.6 Å². The Morgan fingerprint density at radius 2 is 1.86 bits per heavy atom. The van der Waals surface area contributed by atoms with Gasteiger partial charge in [-0.1, -0.05) is 66.8 Å². The Kier molecular flexibility index (Phi) is 5.73. The number of anilines is 1. The lowest BCUT2D eigenvalue weighted by atomic mass is 10.1. The van der Waals surface area contributed by atoms with Gasteiger partial charge in [0, 0.05) is 22.5 Å². The molecule has 0 aliphatic heterocycles. The topological polar surface area (TPSA) is 68.0 Å². The molecule has 7 heteroatoms. The minimum Gasteiger partial charge on any atom is -0.451 e. The van der Waals surface area contributed by atoms with Crippen LogP contribution in [0.5, 0.6) is 0 Å². The minimum atomic E-state index is -0.287. The van der Waals surface area contributed by atoms with Crippen molar-refractivity contribution >= 4 is 45.1 Å². The summed E-state index contributed by atoms with van der Waals surface area (Å²) in [6.45, 7) is 2.01. The summed E-state index contributed by atoms with van der Waals surface area (Å²) in [5.74, 6) is 1.61. The third-order valence-electron chi connectivity index (χ3n) is 4.25. The Morgan fingerprint density at radius 1 is 1.07 bits per heavy atom. The number of hydrogen-bond donors (Lipinski definition) is 1. The third kappa shape index (κ3) is 4.10. The number of nitrogens with one attached hydrogen (secondary N) is 1. The van der Waals surface area contributed by atoms with Crippen LogP contribution in [0.15, 0.2) is 59.0 Å². The molecule has 0 spiro atoms. The summed E-state index contributed by atoms with van der Waals surface area (Å²) in [7, 11) is 0. The van der Waals surface area contributed by atoms with Crippen molar-refractivity contribution in [3.63, 3.8) is 0 Å². The van der Waals surface area contributed by atoms with Crippen molar-refractivity contribution in [2.75, 3.05) is 5.32 Å². The Labute approximate surface area is 171 Å². The van der Waals surface area contributed by atoms with Crippen molar-refractivity contribution in [3.8, 4) is 0 Å². The zero-order chi connectivity index (χ0) is 19.3. The maximum Gasteiger partial charge on any atom is 0.293 e. The molecule has 1 amide bonds. The lowest BCUT2D eigenvalue weighted by Crippen LogP contribution is -2.12. The zero-order valence-corrected chi connectivity index (χ0v) is 17.0. The summed E-state index contributed by atoms with van der Waals surface area (Å²) < 4.78 is 5.90. The normalized spacial score (nSPS) is 11.0. The summed E-state index contributed by atoms with van der Waals surface area (Å²) >= 11 is 3.14. The average Bonchev–Trinajstić information content (AvgIpc) is 3.33.